The van der Waals surface area contributed by atoms with Crippen molar-refractivity contribution in [3.8, 4) is 0 Å². The molecule has 0 atom stereocenters. The van der Waals surface area contributed by atoms with Crippen LogP contribution in [-0.4, -0.2) is 17.3 Å². The number of hydrogen-bond donors (Lipinski definition) is 1. The molecule has 4 nitrogen and oxygen atoms in total. The summed E-state index contributed by atoms with van der Waals surface area (Å²) in [7, 11) is -4.11. The van der Waals surface area contributed by atoms with Gasteiger partial charge in [-0.25, -0.2) is 0 Å². The first-order valence-corrected chi connectivity index (χ1v) is 5.67. The lowest BCUT2D eigenvalue weighted by Crippen LogP contribution is -1.96. The van der Waals surface area contributed by atoms with Crippen molar-refractivity contribution in [3.63, 3.8) is 0 Å². The van der Waals surface area contributed by atoms with E-state index in [0.717, 1.165) is 5.39 Å². The van der Waals surface area contributed by atoms with Gasteiger partial charge in [-0.2, -0.15) is 12.8 Å². The molecule has 0 amide bonds. The van der Waals surface area contributed by atoms with Gasteiger partial charge >= 0.3 is 0 Å². The molecule has 13 heavy (non-hydrogen) atoms. The first kappa shape index (κ1) is 8.61. The second-order valence-electron chi connectivity index (χ2n) is 2.51. The fourth-order valence-corrected chi connectivity index (χ4v) is 2.14. The van der Waals surface area contributed by atoms with E-state index in [1.165, 1.54) is 23.7 Å². The van der Waals surface area contributed by atoms with Gasteiger partial charge in [0.2, 0.25) is 0 Å². The molecule has 68 valence electrons. The molecule has 0 saturated heterocycles. The van der Waals surface area contributed by atoms with Gasteiger partial charge in [-0.15, -0.1) is 0 Å². The lowest BCUT2D eigenvalue weighted by atomic mass is 10.3. The van der Waals surface area contributed by atoms with Gasteiger partial charge in [0.15, 0.2) is 0 Å². The number of aromatic nitrogens is 1. The van der Waals surface area contributed by atoms with E-state index in [-0.39, 0.29) is 4.90 Å². The van der Waals surface area contributed by atoms with Crippen LogP contribution in [0, 0.1) is 0 Å². The maximum Gasteiger partial charge on any atom is 0.294 e. The van der Waals surface area contributed by atoms with Crippen molar-refractivity contribution in [1.82, 2.24) is 4.37 Å². The van der Waals surface area contributed by atoms with Crippen LogP contribution in [0.5, 0.6) is 0 Å². The Morgan fingerprint density at radius 1 is 1.38 bits per heavy atom. The van der Waals surface area contributed by atoms with Crippen molar-refractivity contribution >= 4 is 32.6 Å². The molecule has 0 spiro atoms. The zero-order valence-corrected chi connectivity index (χ0v) is 7.97. The Hall–Kier alpha value is -0.980. The molecule has 6 heteroatoms. The quantitative estimate of drug-likeness (QED) is 0.733. The lowest BCUT2D eigenvalue weighted by Gasteiger charge is -1.94. The first-order chi connectivity index (χ1) is 6.07. The third-order valence-corrected chi connectivity index (χ3v) is 3.14. The van der Waals surface area contributed by atoms with Crippen molar-refractivity contribution in [3.05, 3.63) is 23.6 Å². The van der Waals surface area contributed by atoms with Crippen LogP contribution in [0.25, 0.3) is 10.9 Å². The van der Waals surface area contributed by atoms with E-state index >= 15 is 0 Å². The summed E-state index contributed by atoms with van der Waals surface area (Å²) in [5.74, 6) is 0. The Labute approximate surface area is 78.7 Å². The Kier molecular flexibility index (Phi) is 1.83. The molecular formula is C7H5NO3S2. The molecule has 2 aromatic rings. The van der Waals surface area contributed by atoms with Gasteiger partial charge in [-0.05, 0) is 23.7 Å². The molecule has 1 heterocycles. The third kappa shape index (κ3) is 1.55. The summed E-state index contributed by atoms with van der Waals surface area (Å²) >= 11 is 1.25. The van der Waals surface area contributed by atoms with Crippen molar-refractivity contribution in [2.45, 2.75) is 4.90 Å². The van der Waals surface area contributed by atoms with E-state index < -0.39 is 10.1 Å². The van der Waals surface area contributed by atoms with E-state index in [1.807, 2.05) is 5.38 Å². The van der Waals surface area contributed by atoms with Crippen molar-refractivity contribution in [2.75, 3.05) is 0 Å². The van der Waals surface area contributed by atoms with Gasteiger partial charge in [0.25, 0.3) is 10.1 Å². The summed E-state index contributed by atoms with van der Waals surface area (Å²) in [5, 5.41) is 2.68. The smallest absolute Gasteiger partial charge is 0.282 e. The SMILES string of the molecule is O=S(=O)(O)c1ccc2csnc2c1. The van der Waals surface area contributed by atoms with E-state index in [1.54, 1.807) is 6.07 Å². The summed E-state index contributed by atoms with van der Waals surface area (Å²) < 4.78 is 34.2. The number of nitrogens with zero attached hydrogens (tertiary/aromatic N) is 1. The standard InChI is InChI=1S/C7H5NO3S2/c9-13(10,11)6-2-1-5-4-12-8-7(5)3-6/h1-4H,(H,9,10,11). The van der Waals surface area contributed by atoms with Crippen LogP contribution >= 0.6 is 11.5 Å². The molecule has 0 unspecified atom stereocenters. The van der Waals surface area contributed by atoms with Crippen LogP contribution in [-0.2, 0) is 10.1 Å². The Bertz CT molecular complexity index is 544. The van der Waals surface area contributed by atoms with Gasteiger partial charge < -0.3 is 0 Å². The third-order valence-electron chi connectivity index (χ3n) is 1.63. The summed E-state index contributed by atoms with van der Waals surface area (Å²) in [6, 6.07) is 4.31. The van der Waals surface area contributed by atoms with Gasteiger partial charge in [-0.1, -0.05) is 6.07 Å². The minimum atomic E-state index is -4.11. The molecule has 0 radical (unpaired) electrons. The van der Waals surface area contributed by atoms with E-state index in [9.17, 15) is 8.42 Å². The fraction of sp³-hybridized carbons (Fsp3) is 0. The Morgan fingerprint density at radius 3 is 2.85 bits per heavy atom. The van der Waals surface area contributed by atoms with E-state index in [4.69, 9.17) is 4.55 Å². The molecule has 0 aliphatic heterocycles. The highest BCUT2D eigenvalue weighted by molar-refractivity contribution is 7.85. The lowest BCUT2D eigenvalue weighted by molar-refractivity contribution is 0.483. The highest BCUT2D eigenvalue weighted by Gasteiger charge is 2.10. The molecular weight excluding hydrogens is 210 g/mol. The van der Waals surface area contributed by atoms with E-state index in [0.29, 0.717) is 5.52 Å². The van der Waals surface area contributed by atoms with Gasteiger partial charge in [0, 0.05) is 10.8 Å². The Balaban J connectivity index is 2.75. The monoisotopic (exact) mass is 215 g/mol. The highest BCUT2D eigenvalue weighted by Crippen LogP contribution is 2.19. The molecule has 0 bridgehead atoms. The maximum atomic E-state index is 10.7. The van der Waals surface area contributed by atoms with Crippen LogP contribution in [0.3, 0.4) is 0 Å². The van der Waals surface area contributed by atoms with Crippen LogP contribution in [0.1, 0.15) is 0 Å². The van der Waals surface area contributed by atoms with Crippen molar-refractivity contribution < 1.29 is 13.0 Å². The number of benzene rings is 1. The minimum absolute atomic E-state index is 0.120. The van der Waals surface area contributed by atoms with Gasteiger partial charge in [-0.3, -0.25) is 4.55 Å². The number of rotatable bonds is 1. The topological polar surface area (TPSA) is 67.3 Å². The van der Waals surface area contributed by atoms with Crippen molar-refractivity contribution in [2.24, 2.45) is 0 Å². The normalized spacial score (nSPS) is 12.1. The highest BCUT2D eigenvalue weighted by atomic mass is 32.2. The molecule has 1 aromatic carbocycles. The molecule has 0 saturated carbocycles. The molecule has 1 N–H and O–H groups in total. The predicted molar refractivity (Wildman–Crippen MR) is 49.4 cm³/mol. The minimum Gasteiger partial charge on any atom is -0.282 e. The number of hydrogen-bond acceptors (Lipinski definition) is 4. The first-order valence-electron chi connectivity index (χ1n) is 3.39. The van der Waals surface area contributed by atoms with Crippen LogP contribution in [0.2, 0.25) is 0 Å². The molecule has 2 rings (SSSR count). The predicted octanol–water partition coefficient (Wildman–Crippen LogP) is 1.54. The largest absolute Gasteiger partial charge is 0.294 e. The molecule has 0 fully saturated rings. The zero-order valence-electron chi connectivity index (χ0n) is 6.34. The summed E-state index contributed by atoms with van der Waals surface area (Å²) in [4.78, 5) is -0.120. The van der Waals surface area contributed by atoms with Crippen molar-refractivity contribution in [1.29, 1.82) is 0 Å². The molecule has 0 aliphatic rings. The molecule has 0 aliphatic carbocycles. The maximum absolute atomic E-state index is 10.7. The summed E-state index contributed by atoms with van der Waals surface area (Å²) in [6.45, 7) is 0. The average molecular weight is 215 g/mol. The summed E-state index contributed by atoms with van der Waals surface area (Å²) in [5.41, 5.74) is 0.583. The Morgan fingerprint density at radius 2 is 2.15 bits per heavy atom. The number of fused-ring (bicyclic) bond motifs is 1. The average Bonchev–Trinajstić information content (AvgIpc) is 2.47. The van der Waals surface area contributed by atoms with Crippen LogP contribution in [0.4, 0.5) is 0 Å². The van der Waals surface area contributed by atoms with Gasteiger partial charge in [0.1, 0.15) is 0 Å². The molecule has 1 aromatic heterocycles. The van der Waals surface area contributed by atoms with Crippen LogP contribution < -0.4 is 0 Å². The van der Waals surface area contributed by atoms with E-state index in [2.05, 4.69) is 4.37 Å². The van der Waals surface area contributed by atoms with Crippen LogP contribution in [0.15, 0.2) is 28.5 Å². The van der Waals surface area contributed by atoms with Gasteiger partial charge in [0.05, 0.1) is 10.4 Å². The second kappa shape index (κ2) is 2.76. The summed E-state index contributed by atoms with van der Waals surface area (Å²) in [6.07, 6.45) is 0. The zero-order chi connectivity index (χ0) is 9.47. The second-order valence-corrected chi connectivity index (χ2v) is 4.56. The fourth-order valence-electron chi connectivity index (χ4n) is 1.00.